The summed E-state index contributed by atoms with van der Waals surface area (Å²) in [6, 6.07) is 0. The minimum Gasteiger partial charge on any atom is -0.299 e. The first-order chi connectivity index (χ1) is 5.63. The number of aryl methyl sites for hydroxylation is 2. The number of ketones is 1. The molecule has 0 amide bonds. The van der Waals surface area contributed by atoms with E-state index in [9.17, 15) is 4.79 Å². The maximum Gasteiger partial charge on any atom is 0.139 e. The van der Waals surface area contributed by atoms with E-state index in [2.05, 4.69) is 4.98 Å². The van der Waals surface area contributed by atoms with Gasteiger partial charge in [0.2, 0.25) is 0 Å². The molecule has 3 heteroatoms. The molecule has 66 valence electrons. The molecule has 0 N–H and O–H groups in total. The Morgan fingerprint density at radius 3 is 2.58 bits per heavy atom. The molecule has 0 radical (unpaired) electrons. The molecule has 0 aromatic carbocycles. The Morgan fingerprint density at radius 2 is 2.17 bits per heavy atom. The van der Waals surface area contributed by atoms with Gasteiger partial charge in [0.1, 0.15) is 10.8 Å². The van der Waals surface area contributed by atoms with Gasteiger partial charge in [0.05, 0.1) is 12.1 Å². The van der Waals surface area contributed by atoms with E-state index in [0.29, 0.717) is 12.8 Å². The van der Waals surface area contributed by atoms with Gasteiger partial charge in [0, 0.05) is 11.3 Å². The molecular formula is C9H13NOS. The summed E-state index contributed by atoms with van der Waals surface area (Å²) in [7, 11) is 0. The van der Waals surface area contributed by atoms with Crippen molar-refractivity contribution in [1.29, 1.82) is 0 Å². The van der Waals surface area contributed by atoms with E-state index in [1.165, 1.54) is 4.88 Å². The largest absolute Gasteiger partial charge is 0.299 e. The lowest BCUT2D eigenvalue weighted by molar-refractivity contribution is -0.118. The molecule has 2 nitrogen and oxygen atoms in total. The lowest BCUT2D eigenvalue weighted by Crippen LogP contribution is -1.99. The Labute approximate surface area is 76.6 Å². The topological polar surface area (TPSA) is 30.0 Å². The van der Waals surface area contributed by atoms with Crippen molar-refractivity contribution in [2.24, 2.45) is 0 Å². The highest BCUT2D eigenvalue weighted by Gasteiger charge is 2.06. The fourth-order valence-electron chi connectivity index (χ4n) is 0.908. The van der Waals surface area contributed by atoms with Gasteiger partial charge in [-0.25, -0.2) is 4.98 Å². The molecule has 0 fully saturated rings. The van der Waals surface area contributed by atoms with Crippen LogP contribution in [0.1, 0.15) is 28.9 Å². The molecule has 1 aromatic heterocycles. The van der Waals surface area contributed by atoms with E-state index < -0.39 is 0 Å². The highest BCUT2D eigenvalue weighted by Crippen LogP contribution is 2.17. The maximum absolute atomic E-state index is 11.1. The molecule has 0 aliphatic carbocycles. The first kappa shape index (κ1) is 9.39. The van der Waals surface area contributed by atoms with Crippen molar-refractivity contribution < 1.29 is 4.79 Å². The molecule has 1 heterocycles. The second-order valence-corrected chi connectivity index (χ2v) is 4.11. The van der Waals surface area contributed by atoms with Crippen LogP contribution in [0.15, 0.2) is 0 Å². The summed E-state index contributed by atoms with van der Waals surface area (Å²) in [6.07, 6.45) is 1.12. The van der Waals surface area contributed by atoms with Gasteiger partial charge in [-0.05, 0) is 13.8 Å². The number of thiazole rings is 1. The van der Waals surface area contributed by atoms with Crippen molar-refractivity contribution in [1.82, 2.24) is 4.98 Å². The Hall–Kier alpha value is -0.700. The first-order valence-corrected chi connectivity index (χ1v) is 4.89. The smallest absolute Gasteiger partial charge is 0.139 e. The monoisotopic (exact) mass is 183 g/mol. The lowest BCUT2D eigenvalue weighted by Gasteiger charge is -1.90. The highest BCUT2D eigenvalue weighted by atomic mass is 32.1. The maximum atomic E-state index is 11.1. The molecule has 1 rings (SSSR count). The van der Waals surface area contributed by atoms with Crippen LogP contribution in [0.2, 0.25) is 0 Å². The average Bonchev–Trinajstić information content (AvgIpc) is 2.31. The van der Waals surface area contributed by atoms with Gasteiger partial charge in [-0.15, -0.1) is 11.3 Å². The summed E-state index contributed by atoms with van der Waals surface area (Å²) in [6.45, 7) is 5.90. The quantitative estimate of drug-likeness (QED) is 0.719. The molecule has 0 atom stereocenters. The van der Waals surface area contributed by atoms with Crippen LogP contribution in [0.25, 0.3) is 0 Å². The van der Waals surface area contributed by atoms with E-state index in [-0.39, 0.29) is 5.78 Å². The molecule has 12 heavy (non-hydrogen) atoms. The number of Topliss-reactive ketones (excluding diaryl/α,β-unsaturated/α-hetero) is 1. The van der Waals surface area contributed by atoms with Crippen LogP contribution in [0.4, 0.5) is 0 Å². The molecule has 0 bridgehead atoms. The van der Waals surface area contributed by atoms with Gasteiger partial charge >= 0.3 is 0 Å². The molecule has 0 aliphatic heterocycles. The number of nitrogens with zero attached hydrogens (tertiary/aromatic N) is 1. The number of aromatic nitrogens is 1. The lowest BCUT2D eigenvalue weighted by atomic mass is 10.2. The van der Waals surface area contributed by atoms with Gasteiger partial charge in [0.25, 0.3) is 0 Å². The third-order valence-corrected chi connectivity index (χ3v) is 2.89. The van der Waals surface area contributed by atoms with Crippen LogP contribution in [0, 0.1) is 13.8 Å². The summed E-state index contributed by atoms with van der Waals surface area (Å²) in [5, 5.41) is 0.955. The van der Waals surface area contributed by atoms with E-state index >= 15 is 0 Å². The van der Waals surface area contributed by atoms with Crippen molar-refractivity contribution in [3.63, 3.8) is 0 Å². The van der Waals surface area contributed by atoms with Crippen LogP contribution < -0.4 is 0 Å². The number of rotatable bonds is 3. The van der Waals surface area contributed by atoms with E-state index in [1.54, 1.807) is 11.3 Å². The molecule has 1 aromatic rings. The minimum atomic E-state index is 0.267. The second kappa shape index (κ2) is 3.81. The number of hydrogen-bond acceptors (Lipinski definition) is 3. The van der Waals surface area contributed by atoms with Crippen molar-refractivity contribution in [3.8, 4) is 0 Å². The van der Waals surface area contributed by atoms with E-state index in [1.807, 2.05) is 20.8 Å². The normalized spacial score (nSPS) is 10.2. The second-order valence-electron chi connectivity index (χ2n) is 2.82. The zero-order chi connectivity index (χ0) is 9.14. The van der Waals surface area contributed by atoms with Gasteiger partial charge < -0.3 is 0 Å². The average molecular weight is 183 g/mol. The van der Waals surface area contributed by atoms with Gasteiger partial charge in [-0.1, -0.05) is 6.92 Å². The predicted octanol–water partition coefficient (Wildman–Crippen LogP) is 2.28. The zero-order valence-corrected chi connectivity index (χ0v) is 8.49. The Morgan fingerprint density at radius 1 is 1.50 bits per heavy atom. The number of hydrogen-bond donors (Lipinski definition) is 0. The Bertz CT molecular complexity index is 271. The fourth-order valence-corrected chi connectivity index (χ4v) is 1.87. The summed E-state index contributed by atoms with van der Waals surface area (Å²) < 4.78 is 0. The third-order valence-electron chi connectivity index (χ3n) is 1.82. The first-order valence-electron chi connectivity index (χ1n) is 4.08. The van der Waals surface area contributed by atoms with Crippen molar-refractivity contribution >= 4 is 17.1 Å². The SMILES string of the molecule is CCC(=O)Cc1nc(C)c(C)s1. The standard InChI is InChI=1S/C9H13NOS/c1-4-8(11)5-9-10-6(2)7(3)12-9/h4-5H2,1-3H3. The van der Waals surface area contributed by atoms with Crippen LogP contribution >= 0.6 is 11.3 Å². The third kappa shape index (κ3) is 2.14. The summed E-state index contributed by atoms with van der Waals surface area (Å²) in [5.74, 6) is 0.267. The molecular weight excluding hydrogens is 170 g/mol. The van der Waals surface area contributed by atoms with Crippen LogP contribution in [0.5, 0.6) is 0 Å². The summed E-state index contributed by atoms with van der Waals surface area (Å²) >= 11 is 1.63. The highest BCUT2D eigenvalue weighted by molar-refractivity contribution is 7.11. The fraction of sp³-hybridized carbons (Fsp3) is 0.556. The van der Waals surface area contributed by atoms with Crippen LogP contribution in [-0.4, -0.2) is 10.8 Å². The Balaban J connectivity index is 2.70. The molecule has 0 saturated heterocycles. The van der Waals surface area contributed by atoms with Crippen LogP contribution in [-0.2, 0) is 11.2 Å². The Kier molecular flexibility index (Phi) is 2.98. The zero-order valence-electron chi connectivity index (χ0n) is 7.68. The molecule has 0 spiro atoms. The van der Waals surface area contributed by atoms with E-state index in [4.69, 9.17) is 0 Å². The van der Waals surface area contributed by atoms with Gasteiger partial charge in [0.15, 0.2) is 0 Å². The molecule has 0 unspecified atom stereocenters. The van der Waals surface area contributed by atoms with E-state index in [0.717, 1.165) is 10.7 Å². The van der Waals surface area contributed by atoms with Crippen molar-refractivity contribution in [2.45, 2.75) is 33.6 Å². The summed E-state index contributed by atoms with van der Waals surface area (Å²) in [5.41, 5.74) is 1.05. The van der Waals surface area contributed by atoms with Gasteiger partial charge in [-0.3, -0.25) is 4.79 Å². The summed E-state index contributed by atoms with van der Waals surface area (Å²) in [4.78, 5) is 16.6. The predicted molar refractivity (Wildman–Crippen MR) is 50.6 cm³/mol. The minimum absolute atomic E-state index is 0.267. The number of carbonyl (C=O) groups is 1. The number of carbonyl (C=O) groups excluding carboxylic acids is 1. The van der Waals surface area contributed by atoms with Crippen molar-refractivity contribution in [2.75, 3.05) is 0 Å². The van der Waals surface area contributed by atoms with Crippen LogP contribution in [0.3, 0.4) is 0 Å². The molecule has 0 saturated carbocycles. The van der Waals surface area contributed by atoms with Crippen molar-refractivity contribution in [3.05, 3.63) is 15.6 Å². The molecule has 0 aliphatic rings. The van der Waals surface area contributed by atoms with Gasteiger partial charge in [-0.2, -0.15) is 0 Å².